The van der Waals surface area contributed by atoms with Gasteiger partial charge < -0.3 is 9.47 Å². The van der Waals surface area contributed by atoms with Gasteiger partial charge in [0.15, 0.2) is 0 Å². The summed E-state index contributed by atoms with van der Waals surface area (Å²) < 4.78 is 10.5. The van der Waals surface area contributed by atoms with Gasteiger partial charge in [-0.15, -0.1) is 0 Å². The van der Waals surface area contributed by atoms with E-state index in [1.165, 1.54) is 6.42 Å². The van der Waals surface area contributed by atoms with Crippen LogP contribution < -0.4 is 0 Å². The largest absolute Gasteiger partial charge is 0.379 e. The van der Waals surface area contributed by atoms with Crippen LogP contribution in [0.4, 0.5) is 0 Å². The van der Waals surface area contributed by atoms with Crippen LogP contribution in [0.15, 0.2) is 0 Å². The Bertz CT molecular complexity index is 56.6. The Morgan fingerprint density at radius 2 is 1.82 bits per heavy atom. The van der Waals surface area contributed by atoms with Crippen molar-refractivity contribution in [1.82, 2.24) is 0 Å². The van der Waals surface area contributed by atoms with Gasteiger partial charge in [-0.3, -0.25) is 0 Å². The van der Waals surface area contributed by atoms with Crippen LogP contribution in [0.5, 0.6) is 0 Å². The van der Waals surface area contributed by atoms with Gasteiger partial charge in [0, 0.05) is 13.2 Å². The van der Waals surface area contributed by atoms with Gasteiger partial charge in [0.1, 0.15) is 0 Å². The molecular weight excluding hydrogens is 140 g/mol. The minimum atomic E-state index is 0.716. The van der Waals surface area contributed by atoms with Gasteiger partial charge in [-0.25, -0.2) is 0 Å². The van der Waals surface area contributed by atoms with Crippen LogP contribution in [0.3, 0.4) is 0 Å². The second-order valence-corrected chi connectivity index (χ2v) is 2.45. The summed E-state index contributed by atoms with van der Waals surface area (Å²) in [4.78, 5) is 0. The molecule has 1 radical (unpaired) electrons. The Hall–Kier alpha value is -0.0800. The summed E-state index contributed by atoms with van der Waals surface area (Å²) in [6, 6.07) is 0. The minimum absolute atomic E-state index is 0.716. The Morgan fingerprint density at radius 1 is 1.09 bits per heavy atom. The molecule has 11 heavy (non-hydrogen) atoms. The first-order chi connectivity index (χ1) is 5.41. The molecule has 0 spiro atoms. The van der Waals surface area contributed by atoms with Crippen LogP contribution in [0.25, 0.3) is 0 Å². The molecule has 0 aromatic rings. The molecule has 0 saturated heterocycles. The van der Waals surface area contributed by atoms with Crippen molar-refractivity contribution in [3.05, 3.63) is 6.42 Å². The van der Waals surface area contributed by atoms with Crippen molar-refractivity contribution in [1.29, 1.82) is 0 Å². The van der Waals surface area contributed by atoms with Gasteiger partial charge >= 0.3 is 0 Å². The lowest BCUT2D eigenvalue weighted by Crippen LogP contribution is -2.05. The third-order valence-corrected chi connectivity index (χ3v) is 1.30. The molecular formula is C9H19O2. The summed E-state index contributed by atoms with van der Waals surface area (Å²) in [5, 5.41) is 0. The summed E-state index contributed by atoms with van der Waals surface area (Å²) in [5.41, 5.74) is 0. The van der Waals surface area contributed by atoms with Crippen LogP contribution in [0.2, 0.25) is 0 Å². The average Bonchev–Trinajstić information content (AvgIpc) is 2.03. The van der Waals surface area contributed by atoms with E-state index in [4.69, 9.17) is 9.47 Å². The fourth-order valence-corrected chi connectivity index (χ4v) is 0.667. The maximum atomic E-state index is 5.28. The first-order valence-electron chi connectivity index (χ1n) is 4.35. The summed E-state index contributed by atoms with van der Waals surface area (Å²) in [7, 11) is 0. The van der Waals surface area contributed by atoms with Gasteiger partial charge in [0.2, 0.25) is 0 Å². The second kappa shape index (κ2) is 9.92. The average molecular weight is 159 g/mol. The maximum Gasteiger partial charge on any atom is 0.0700 e. The molecule has 0 heterocycles. The van der Waals surface area contributed by atoms with E-state index in [0.29, 0.717) is 6.61 Å². The molecule has 0 aliphatic heterocycles. The first-order valence-corrected chi connectivity index (χ1v) is 4.35. The highest BCUT2D eigenvalue weighted by atomic mass is 16.5. The molecule has 0 bridgehead atoms. The van der Waals surface area contributed by atoms with E-state index in [9.17, 15) is 0 Å². The zero-order chi connectivity index (χ0) is 8.36. The second-order valence-electron chi connectivity index (χ2n) is 2.45. The number of ether oxygens (including phenoxy) is 2. The van der Waals surface area contributed by atoms with Gasteiger partial charge in [0.25, 0.3) is 0 Å². The third kappa shape index (κ3) is 9.92. The SMILES string of the molecule is C[CH]COCCOCCCC. The van der Waals surface area contributed by atoms with Crippen molar-refractivity contribution in [2.75, 3.05) is 26.4 Å². The molecule has 0 aliphatic rings. The third-order valence-electron chi connectivity index (χ3n) is 1.30. The number of rotatable bonds is 8. The van der Waals surface area contributed by atoms with Crippen molar-refractivity contribution in [2.24, 2.45) is 0 Å². The van der Waals surface area contributed by atoms with E-state index in [0.717, 1.165) is 26.2 Å². The summed E-state index contributed by atoms with van der Waals surface area (Å²) >= 11 is 0. The number of hydrogen-bond donors (Lipinski definition) is 0. The molecule has 0 aliphatic carbocycles. The van der Waals surface area contributed by atoms with Gasteiger partial charge in [-0.2, -0.15) is 0 Å². The lowest BCUT2D eigenvalue weighted by molar-refractivity contribution is 0.0544. The van der Waals surface area contributed by atoms with E-state index < -0.39 is 0 Å². The topological polar surface area (TPSA) is 18.5 Å². The van der Waals surface area contributed by atoms with Crippen molar-refractivity contribution >= 4 is 0 Å². The molecule has 0 amide bonds. The minimum Gasteiger partial charge on any atom is -0.379 e. The molecule has 0 unspecified atom stereocenters. The standard InChI is InChI=1S/C9H19O2/c1-3-5-7-11-9-8-10-6-4-2/h4H,3,5-9H2,1-2H3. The quantitative estimate of drug-likeness (QED) is 0.505. The first kappa shape index (κ1) is 10.9. The molecule has 0 atom stereocenters. The number of hydrogen-bond acceptors (Lipinski definition) is 2. The molecule has 2 heteroatoms. The fourth-order valence-electron chi connectivity index (χ4n) is 0.667. The lowest BCUT2D eigenvalue weighted by atomic mass is 10.4. The maximum absolute atomic E-state index is 5.28. The molecule has 2 nitrogen and oxygen atoms in total. The normalized spacial score (nSPS) is 10.4. The highest BCUT2D eigenvalue weighted by Gasteiger charge is 1.87. The molecule has 0 N–H and O–H groups in total. The van der Waals surface area contributed by atoms with Crippen LogP contribution in [0.1, 0.15) is 26.7 Å². The Balaban J connectivity index is 2.69. The van der Waals surface area contributed by atoms with E-state index in [2.05, 4.69) is 6.92 Å². The van der Waals surface area contributed by atoms with Gasteiger partial charge in [-0.05, 0) is 12.8 Å². The van der Waals surface area contributed by atoms with Crippen molar-refractivity contribution in [3.8, 4) is 0 Å². The zero-order valence-electron chi connectivity index (χ0n) is 7.64. The summed E-state index contributed by atoms with van der Waals surface area (Å²) in [5.74, 6) is 0. The highest BCUT2D eigenvalue weighted by molar-refractivity contribution is 4.50. The molecule has 0 saturated carbocycles. The Labute approximate surface area is 69.9 Å². The summed E-state index contributed by atoms with van der Waals surface area (Å²) in [6.07, 6.45) is 4.34. The Morgan fingerprint density at radius 3 is 2.45 bits per heavy atom. The van der Waals surface area contributed by atoms with Gasteiger partial charge in [0.05, 0.1) is 13.2 Å². The van der Waals surface area contributed by atoms with Crippen LogP contribution in [-0.4, -0.2) is 26.4 Å². The number of unbranched alkanes of at least 4 members (excludes halogenated alkanes) is 1. The molecule has 0 aromatic carbocycles. The van der Waals surface area contributed by atoms with Crippen LogP contribution in [0, 0.1) is 6.42 Å². The lowest BCUT2D eigenvalue weighted by Gasteiger charge is -2.03. The van der Waals surface area contributed by atoms with Crippen molar-refractivity contribution in [3.63, 3.8) is 0 Å². The predicted molar refractivity (Wildman–Crippen MR) is 46.5 cm³/mol. The molecule has 0 aromatic heterocycles. The van der Waals surface area contributed by atoms with Crippen LogP contribution >= 0.6 is 0 Å². The smallest absolute Gasteiger partial charge is 0.0700 e. The van der Waals surface area contributed by atoms with Crippen molar-refractivity contribution in [2.45, 2.75) is 26.7 Å². The van der Waals surface area contributed by atoms with E-state index in [-0.39, 0.29) is 0 Å². The Kier molecular flexibility index (Phi) is 9.85. The monoisotopic (exact) mass is 159 g/mol. The fraction of sp³-hybridized carbons (Fsp3) is 0.889. The van der Waals surface area contributed by atoms with E-state index >= 15 is 0 Å². The molecule has 0 rings (SSSR count). The van der Waals surface area contributed by atoms with E-state index in [1.54, 1.807) is 0 Å². The summed E-state index contributed by atoms with van der Waals surface area (Å²) in [6.45, 7) is 7.19. The van der Waals surface area contributed by atoms with Crippen LogP contribution in [-0.2, 0) is 9.47 Å². The van der Waals surface area contributed by atoms with Crippen molar-refractivity contribution < 1.29 is 9.47 Å². The van der Waals surface area contributed by atoms with Gasteiger partial charge in [-0.1, -0.05) is 20.3 Å². The highest BCUT2D eigenvalue weighted by Crippen LogP contribution is 1.87. The molecule has 0 fully saturated rings. The predicted octanol–water partition coefficient (Wildman–Crippen LogP) is 2.04. The zero-order valence-corrected chi connectivity index (χ0v) is 7.64. The van der Waals surface area contributed by atoms with E-state index in [1.807, 2.05) is 13.3 Å². The molecule has 67 valence electrons.